The highest BCUT2D eigenvalue weighted by Crippen LogP contribution is 2.18. The number of rotatable bonds is 1. The second kappa shape index (κ2) is 3.28. The Morgan fingerprint density at radius 1 is 1.83 bits per heavy atom. The summed E-state index contributed by atoms with van der Waals surface area (Å²) in [5.74, 6) is 0. The van der Waals surface area contributed by atoms with Crippen molar-refractivity contribution < 1.29 is 14.6 Å². The van der Waals surface area contributed by atoms with Crippen LogP contribution in [0.2, 0.25) is 0 Å². The van der Waals surface area contributed by atoms with Gasteiger partial charge in [-0.05, 0) is 6.42 Å². The molecule has 1 amide bonds. The molecule has 1 fully saturated rings. The molecule has 1 heterocycles. The first-order chi connectivity index (χ1) is 5.61. The standard InChI is InChI=1S/C7H14N2O3/c1-12-6(11)9-3-2-7(8,4-9)5-10/h10H,2-5,8H2,1H3. The third-order valence-corrected chi connectivity index (χ3v) is 2.13. The fourth-order valence-corrected chi connectivity index (χ4v) is 1.31. The van der Waals surface area contributed by atoms with E-state index in [4.69, 9.17) is 10.8 Å². The lowest BCUT2D eigenvalue weighted by Crippen LogP contribution is -2.46. The summed E-state index contributed by atoms with van der Waals surface area (Å²) in [6.07, 6.45) is 0.245. The van der Waals surface area contributed by atoms with Crippen LogP contribution in [0, 0.1) is 0 Å². The zero-order valence-electron chi connectivity index (χ0n) is 7.12. The number of hydrogen-bond donors (Lipinski definition) is 2. The quantitative estimate of drug-likeness (QED) is 0.543. The predicted octanol–water partition coefficient (Wildman–Crippen LogP) is -0.852. The van der Waals surface area contributed by atoms with E-state index < -0.39 is 5.54 Å². The summed E-state index contributed by atoms with van der Waals surface area (Å²) in [6.45, 7) is 0.834. The summed E-state index contributed by atoms with van der Waals surface area (Å²) in [6, 6.07) is 0. The van der Waals surface area contributed by atoms with Gasteiger partial charge in [0.05, 0.1) is 19.3 Å². The first-order valence-electron chi connectivity index (χ1n) is 3.84. The second-order valence-electron chi connectivity index (χ2n) is 3.16. The zero-order valence-corrected chi connectivity index (χ0v) is 7.12. The number of nitrogens with two attached hydrogens (primary N) is 1. The van der Waals surface area contributed by atoms with Crippen LogP contribution in [0.5, 0.6) is 0 Å². The largest absolute Gasteiger partial charge is 0.453 e. The Labute approximate surface area is 71.1 Å². The van der Waals surface area contributed by atoms with E-state index in [1.54, 1.807) is 0 Å². The van der Waals surface area contributed by atoms with Crippen molar-refractivity contribution in [1.82, 2.24) is 4.90 Å². The molecule has 0 bridgehead atoms. The minimum Gasteiger partial charge on any atom is -0.453 e. The molecule has 12 heavy (non-hydrogen) atoms. The van der Waals surface area contributed by atoms with Gasteiger partial charge in [0.1, 0.15) is 0 Å². The minimum atomic E-state index is -0.631. The SMILES string of the molecule is COC(=O)N1CCC(N)(CO)C1. The van der Waals surface area contributed by atoms with Crippen LogP contribution >= 0.6 is 0 Å². The van der Waals surface area contributed by atoms with E-state index in [0.717, 1.165) is 0 Å². The van der Waals surface area contributed by atoms with E-state index in [1.165, 1.54) is 12.0 Å². The molecular weight excluding hydrogens is 160 g/mol. The van der Waals surface area contributed by atoms with Crippen LogP contribution in [-0.2, 0) is 4.74 Å². The van der Waals surface area contributed by atoms with Crippen LogP contribution in [0.4, 0.5) is 4.79 Å². The maximum atomic E-state index is 11.0. The van der Waals surface area contributed by atoms with Gasteiger partial charge in [0.25, 0.3) is 0 Å². The van der Waals surface area contributed by atoms with Crippen molar-refractivity contribution in [2.24, 2.45) is 5.73 Å². The third-order valence-electron chi connectivity index (χ3n) is 2.13. The normalized spacial score (nSPS) is 29.1. The van der Waals surface area contributed by atoms with E-state index in [0.29, 0.717) is 19.5 Å². The van der Waals surface area contributed by atoms with Gasteiger partial charge in [-0.3, -0.25) is 0 Å². The highest BCUT2D eigenvalue weighted by atomic mass is 16.5. The number of amides is 1. The molecule has 3 N–H and O–H groups in total. The average Bonchev–Trinajstić information content (AvgIpc) is 2.48. The molecule has 5 heteroatoms. The molecule has 0 spiro atoms. The monoisotopic (exact) mass is 174 g/mol. The molecule has 1 unspecified atom stereocenters. The highest BCUT2D eigenvalue weighted by molar-refractivity contribution is 5.68. The lowest BCUT2D eigenvalue weighted by Gasteiger charge is -2.20. The number of aliphatic hydroxyl groups excluding tert-OH is 1. The Balaban J connectivity index is 2.50. The van der Waals surface area contributed by atoms with Crippen molar-refractivity contribution in [2.75, 3.05) is 26.8 Å². The number of methoxy groups -OCH3 is 1. The average molecular weight is 174 g/mol. The van der Waals surface area contributed by atoms with Gasteiger partial charge in [-0.25, -0.2) is 4.79 Å². The molecule has 5 nitrogen and oxygen atoms in total. The van der Waals surface area contributed by atoms with E-state index >= 15 is 0 Å². The molecule has 0 saturated carbocycles. The molecule has 0 aromatic carbocycles. The molecule has 0 aliphatic carbocycles. The molecule has 1 atom stereocenters. The molecule has 70 valence electrons. The molecular formula is C7H14N2O3. The fraction of sp³-hybridized carbons (Fsp3) is 0.857. The van der Waals surface area contributed by atoms with Gasteiger partial charge in [-0.15, -0.1) is 0 Å². The number of nitrogens with zero attached hydrogens (tertiary/aromatic N) is 1. The Morgan fingerprint density at radius 2 is 2.50 bits per heavy atom. The Bertz CT molecular complexity index is 185. The summed E-state index contributed by atoms with van der Waals surface area (Å²) in [5, 5.41) is 8.89. The molecule has 0 aromatic heterocycles. The molecule has 1 aliphatic heterocycles. The zero-order chi connectivity index (χ0) is 9.19. The summed E-state index contributed by atoms with van der Waals surface area (Å²) < 4.78 is 4.52. The summed E-state index contributed by atoms with van der Waals surface area (Å²) >= 11 is 0. The second-order valence-corrected chi connectivity index (χ2v) is 3.16. The highest BCUT2D eigenvalue weighted by Gasteiger charge is 2.36. The van der Waals surface area contributed by atoms with Gasteiger partial charge in [0, 0.05) is 13.1 Å². The summed E-state index contributed by atoms with van der Waals surface area (Å²) in [7, 11) is 1.33. The Kier molecular flexibility index (Phi) is 2.54. The number of likely N-dealkylation sites (tertiary alicyclic amines) is 1. The molecule has 1 saturated heterocycles. The maximum absolute atomic E-state index is 11.0. The molecule has 0 aromatic rings. The van der Waals surface area contributed by atoms with Crippen LogP contribution in [0.25, 0.3) is 0 Å². The van der Waals surface area contributed by atoms with Crippen LogP contribution in [0.3, 0.4) is 0 Å². The third kappa shape index (κ3) is 1.67. The molecule has 1 aliphatic rings. The molecule has 0 radical (unpaired) electrons. The number of hydrogen-bond acceptors (Lipinski definition) is 4. The molecule has 1 rings (SSSR count). The number of ether oxygens (including phenoxy) is 1. The van der Waals surface area contributed by atoms with Crippen LogP contribution in [-0.4, -0.2) is 48.4 Å². The van der Waals surface area contributed by atoms with Crippen LogP contribution < -0.4 is 5.73 Å². The fourth-order valence-electron chi connectivity index (χ4n) is 1.31. The van der Waals surface area contributed by atoms with Gasteiger partial charge >= 0.3 is 6.09 Å². The summed E-state index contributed by atoms with van der Waals surface area (Å²) in [4.78, 5) is 12.5. The van der Waals surface area contributed by atoms with Crippen LogP contribution in [0.1, 0.15) is 6.42 Å². The van der Waals surface area contributed by atoms with Crippen molar-refractivity contribution in [3.8, 4) is 0 Å². The van der Waals surface area contributed by atoms with E-state index in [1.807, 2.05) is 0 Å². The van der Waals surface area contributed by atoms with Gasteiger partial charge in [0.15, 0.2) is 0 Å². The maximum Gasteiger partial charge on any atom is 0.409 e. The van der Waals surface area contributed by atoms with Crippen molar-refractivity contribution in [3.05, 3.63) is 0 Å². The number of carbonyl (C=O) groups is 1. The van der Waals surface area contributed by atoms with Gasteiger partial charge in [-0.2, -0.15) is 0 Å². The van der Waals surface area contributed by atoms with Gasteiger partial charge in [0.2, 0.25) is 0 Å². The van der Waals surface area contributed by atoms with Gasteiger partial charge < -0.3 is 20.5 Å². The first-order valence-corrected chi connectivity index (χ1v) is 3.84. The summed E-state index contributed by atoms with van der Waals surface area (Å²) in [5.41, 5.74) is 5.11. The Hall–Kier alpha value is -0.810. The minimum absolute atomic E-state index is 0.0967. The van der Waals surface area contributed by atoms with Crippen molar-refractivity contribution in [2.45, 2.75) is 12.0 Å². The van der Waals surface area contributed by atoms with Gasteiger partial charge in [-0.1, -0.05) is 0 Å². The Morgan fingerprint density at radius 3 is 2.92 bits per heavy atom. The number of aliphatic hydroxyl groups is 1. The van der Waals surface area contributed by atoms with Crippen molar-refractivity contribution in [3.63, 3.8) is 0 Å². The number of carbonyl (C=O) groups excluding carboxylic acids is 1. The smallest absolute Gasteiger partial charge is 0.409 e. The first kappa shape index (κ1) is 9.28. The lowest BCUT2D eigenvalue weighted by atomic mass is 10.0. The van der Waals surface area contributed by atoms with Crippen molar-refractivity contribution in [1.29, 1.82) is 0 Å². The van der Waals surface area contributed by atoms with Crippen LogP contribution in [0.15, 0.2) is 0 Å². The van der Waals surface area contributed by atoms with E-state index in [-0.39, 0.29) is 12.7 Å². The van der Waals surface area contributed by atoms with Crippen molar-refractivity contribution >= 4 is 6.09 Å². The predicted molar refractivity (Wildman–Crippen MR) is 42.6 cm³/mol. The van der Waals surface area contributed by atoms with E-state index in [9.17, 15) is 4.79 Å². The topological polar surface area (TPSA) is 75.8 Å². The van der Waals surface area contributed by atoms with E-state index in [2.05, 4.69) is 4.74 Å². The lowest BCUT2D eigenvalue weighted by molar-refractivity contribution is 0.126.